The van der Waals surface area contributed by atoms with Gasteiger partial charge in [0, 0.05) is 31.0 Å². The second kappa shape index (κ2) is 9.26. The Morgan fingerprint density at radius 1 is 1.24 bits per heavy atom. The summed E-state index contributed by atoms with van der Waals surface area (Å²) in [5, 5.41) is 9.42. The SMILES string of the molecule is CN(C(=O)CSc1nnc(-c2cccnc2)n1Cc1ccco1)C1CCCCC1. The van der Waals surface area contributed by atoms with Gasteiger partial charge in [-0.15, -0.1) is 10.2 Å². The lowest BCUT2D eigenvalue weighted by atomic mass is 9.94. The molecule has 1 fully saturated rings. The van der Waals surface area contributed by atoms with Crippen molar-refractivity contribution in [2.75, 3.05) is 12.8 Å². The molecule has 8 heteroatoms. The van der Waals surface area contributed by atoms with Gasteiger partial charge in [0.2, 0.25) is 5.91 Å². The number of hydrogen-bond acceptors (Lipinski definition) is 6. The highest BCUT2D eigenvalue weighted by atomic mass is 32.2. The molecule has 4 rings (SSSR count). The molecule has 0 saturated heterocycles. The lowest BCUT2D eigenvalue weighted by Crippen LogP contribution is -2.39. The zero-order chi connectivity index (χ0) is 20.1. The van der Waals surface area contributed by atoms with E-state index in [9.17, 15) is 4.79 Å². The lowest BCUT2D eigenvalue weighted by molar-refractivity contribution is -0.129. The number of aromatic nitrogens is 4. The monoisotopic (exact) mass is 411 g/mol. The summed E-state index contributed by atoms with van der Waals surface area (Å²) in [6.45, 7) is 0.499. The first-order chi connectivity index (χ1) is 14.2. The maximum absolute atomic E-state index is 12.7. The van der Waals surface area contributed by atoms with Crippen molar-refractivity contribution >= 4 is 17.7 Å². The first-order valence-corrected chi connectivity index (χ1v) is 11.0. The number of rotatable bonds is 7. The molecule has 0 spiro atoms. The van der Waals surface area contributed by atoms with Crippen LogP contribution in [0.3, 0.4) is 0 Å². The van der Waals surface area contributed by atoms with Crippen LogP contribution in [-0.2, 0) is 11.3 Å². The number of furan rings is 1. The lowest BCUT2D eigenvalue weighted by Gasteiger charge is -2.31. The molecule has 1 saturated carbocycles. The van der Waals surface area contributed by atoms with Crippen LogP contribution in [0.1, 0.15) is 37.9 Å². The fourth-order valence-corrected chi connectivity index (χ4v) is 4.57. The van der Waals surface area contributed by atoms with E-state index in [0.29, 0.717) is 29.3 Å². The maximum Gasteiger partial charge on any atom is 0.233 e. The van der Waals surface area contributed by atoms with Crippen molar-refractivity contribution in [2.24, 2.45) is 0 Å². The van der Waals surface area contributed by atoms with E-state index in [1.807, 2.05) is 40.8 Å². The summed E-state index contributed by atoms with van der Waals surface area (Å²) in [6.07, 6.45) is 11.0. The van der Waals surface area contributed by atoms with Crippen molar-refractivity contribution in [3.63, 3.8) is 0 Å². The summed E-state index contributed by atoms with van der Waals surface area (Å²) in [5.41, 5.74) is 0.879. The molecule has 3 aromatic heterocycles. The molecule has 1 aliphatic carbocycles. The third-order valence-corrected chi connectivity index (χ3v) is 6.32. The molecule has 0 aromatic carbocycles. The Balaban J connectivity index is 1.50. The molecular weight excluding hydrogens is 386 g/mol. The molecule has 3 heterocycles. The standard InChI is InChI=1S/C21H25N5O2S/c1-25(17-8-3-2-4-9-17)19(27)15-29-21-24-23-20(16-7-5-11-22-13-16)26(21)14-18-10-6-12-28-18/h5-7,10-13,17H,2-4,8-9,14-15H2,1H3. The quantitative estimate of drug-likeness (QED) is 0.550. The number of nitrogens with zero attached hydrogens (tertiary/aromatic N) is 5. The Hall–Kier alpha value is -2.61. The Morgan fingerprint density at radius 3 is 2.83 bits per heavy atom. The number of carbonyl (C=O) groups is 1. The molecule has 0 unspecified atom stereocenters. The highest BCUT2D eigenvalue weighted by Crippen LogP contribution is 2.26. The van der Waals surface area contributed by atoms with Crippen molar-refractivity contribution in [1.29, 1.82) is 0 Å². The Kier molecular flexibility index (Phi) is 6.29. The van der Waals surface area contributed by atoms with E-state index in [0.717, 1.165) is 24.2 Å². The smallest absolute Gasteiger partial charge is 0.233 e. The minimum Gasteiger partial charge on any atom is -0.467 e. The summed E-state index contributed by atoms with van der Waals surface area (Å²) in [6, 6.07) is 7.97. The van der Waals surface area contributed by atoms with Crippen LogP contribution in [0, 0.1) is 0 Å². The van der Waals surface area contributed by atoms with Gasteiger partial charge in [0.1, 0.15) is 5.76 Å². The van der Waals surface area contributed by atoms with Gasteiger partial charge in [-0.25, -0.2) is 0 Å². The molecule has 3 aromatic rings. The molecule has 152 valence electrons. The van der Waals surface area contributed by atoms with Crippen molar-refractivity contribution in [3.05, 3.63) is 48.7 Å². The van der Waals surface area contributed by atoms with E-state index in [4.69, 9.17) is 4.42 Å². The van der Waals surface area contributed by atoms with Gasteiger partial charge in [-0.1, -0.05) is 31.0 Å². The van der Waals surface area contributed by atoms with E-state index >= 15 is 0 Å². The third kappa shape index (κ3) is 4.70. The predicted molar refractivity (Wildman–Crippen MR) is 111 cm³/mol. The Labute approximate surface area is 174 Å². The fraction of sp³-hybridized carbons (Fsp3) is 0.429. The zero-order valence-corrected chi connectivity index (χ0v) is 17.3. The largest absolute Gasteiger partial charge is 0.467 e. The fourth-order valence-electron chi connectivity index (χ4n) is 3.71. The molecule has 29 heavy (non-hydrogen) atoms. The van der Waals surface area contributed by atoms with Gasteiger partial charge >= 0.3 is 0 Å². The zero-order valence-electron chi connectivity index (χ0n) is 16.5. The summed E-state index contributed by atoms with van der Waals surface area (Å²) in [5.74, 6) is 2.00. The van der Waals surface area contributed by atoms with Crippen LogP contribution in [0.4, 0.5) is 0 Å². The minimum absolute atomic E-state index is 0.136. The second-order valence-corrected chi connectivity index (χ2v) is 8.24. The number of hydrogen-bond donors (Lipinski definition) is 0. The van der Waals surface area contributed by atoms with Crippen LogP contribution in [0.15, 0.2) is 52.5 Å². The molecule has 1 amide bonds. The molecule has 0 N–H and O–H groups in total. The van der Waals surface area contributed by atoms with Gasteiger partial charge in [-0.05, 0) is 37.1 Å². The van der Waals surface area contributed by atoms with Gasteiger partial charge < -0.3 is 9.32 Å². The predicted octanol–water partition coefficient (Wildman–Crippen LogP) is 3.86. The van der Waals surface area contributed by atoms with Gasteiger partial charge in [0.15, 0.2) is 11.0 Å². The van der Waals surface area contributed by atoms with Crippen molar-refractivity contribution in [1.82, 2.24) is 24.6 Å². The highest BCUT2D eigenvalue weighted by molar-refractivity contribution is 7.99. The summed E-state index contributed by atoms with van der Waals surface area (Å²) in [7, 11) is 1.92. The van der Waals surface area contributed by atoms with E-state index in [1.165, 1.54) is 31.0 Å². The molecular formula is C21H25N5O2S. The first kappa shape index (κ1) is 19.7. The topological polar surface area (TPSA) is 77.1 Å². The average Bonchev–Trinajstić information content (AvgIpc) is 3.43. The van der Waals surface area contributed by atoms with E-state index in [1.54, 1.807) is 18.7 Å². The van der Waals surface area contributed by atoms with Crippen molar-refractivity contribution in [3.8, 4) is 11.4 Å². The molecule has 0 bridgehead atoms. The number of pyridine rings is 1. The molecule has 0 aliphatic heterocycles. The van der Waals surface area contributed by atoms with Crippen LogP contribution in [0.5, 0.6) is 0 Å². The van der Waals surface area contributed by atoms with Gasteiger partial charge in [-0.3, -0.25) is 14.3 Å². The maximum atomic E-state index is 12.7. The van der Waals surface area contributed by atoms with Crippen LogP contribution < -0.4 is 0 Å². The van der Waals surface area contributed by atoms with E-state index in [2.05, 4.69) is 15.2 Å². The average molecular weight is 412 g/mol. The van der Waals surface area contributed by atoms with E-state index < -0.39 is 0 Å². The van der Waals surface area contributed by atoms with Crippen LogP contribution in [0.2, 0.25) is 0 Å². The van der Waals surface area contributed by atoms with Crippen LogP contribution >= 0.6 is 11.8 Å². The van der Waals surface area contributed by atoms with E-state index in [-0.39, 0.29) is 5.91 Å². The summed E-state index contributed by atoms with van der Waals surface area (Å²) in [4.78, 5) is 18.8. The van der Waals surface area contributed by atoms with Gasteiger partial charge in [0.25, 0.3) is 0 Å². The second-order valence-electron chi connectivity index (χ2n) is 7.30. The van der Waals surface area contributed by atoms with Crippen molar-refractivity contribution < 1.29 is 9.21 Å². The number of carbonyl (C=O) groups excluding carboxylic acids is 1. The first-order valence-electron chi connectivity index (χ1n) is 9.97. The Bertz CT molecular complexity index is 920. The van der Waals surface area contributed by atoms with Crippen LogP contribution in [0.25, 0.3) is 11.4 Å². The number of thioether (sulfide) groups is 1. The summed E-state index contributed by atoms with van der Waals surface area (Å²) >= 11 is 1.42. The Morgan fingerprint density at radius 2 is 2.10 bits per heavy atom. The molecule has 0 radical (unpaired) electrons. The molecule has 1 aliphatic rings. The molecule has 7 nitrogen and oxygen atoms in total. The van der Waals surface area contributed by atoms with Crippen molar-refractivity contribution in [2.45, 2.75) is 49.8 Å². The minimum atomic E-state index is 0.136. The van der Waals surface area contributed by atoms with Gasteiger partial charge in [-0.2, -0.15) is 0 Å². The van der Waals surface area contributed by atoms with Crippen LogP contribution in [-0.4, -0.2) is 49.4 Å². The summed E-state index contributed by atoms with van der Waals surface area (Å²) < 4.78 is 7.50. The molecule has 0 atom stereocenters. The third-order valence-electron chi connectivity index (χ3n) is 5.37. The normalized spacial score (nSPS) is 14.8. The van der Waals surface area contributed by atoms with Gasteiger partial charge in [0.05, 0.1) is 18.6 Å². The highest BCUT2D eigenvalue weighted by Gasteiger charge is 2.23. The number of amides is 1.